The summed E-state index contributed by atoms with van der Waals surface area (Å²) in [6.07, 6.45) is 6.11. The number of nitrogens with zero attached hydrogens (tertiary/aromatic N) is 4. The summed E-state index contributed by atoms with van der Waals surface area (Å²) < 4.78 is 1.85. The minimum atomic E-state index is -0.439. The van der Waals surface area contributed by atoms with Crippen LogP contribution in [0.1, 0.15) is 22.8 Å². The van der Waals surface area contributed by atoms with E-state index in [-0.39, 0.29) is 6.04 Å². The van der Waals surface area contributed by atoms with Gasteiger partial charge < -0.3 is 10.6 Å². The Morgan fingerprint density at radius 2 is 2.13 bits per heavy atom. The highest BCUT2D eigenvalue weighted by molar-refractivity contribution is 5.92. The maximum atomic E-state index is 11.2. The first kappa shape index (κ1) is 13.8. The van der Waals surface area contributed by atoms with E-state index >= 15 is 0 Å². The zero-order chi connectivity index (χ0) is 15.8. The summed E-state index contributed by atoms with van der Waals surface area (Å²) in [4.78, 5) is 18.0. The number of anilines is 1. The number of carbonyl (C=O) groups excluding carboxylic acids is 1. The highest BCUT2D eigenvalue weighted by Crippen LogP contribution is 2.31. The quantitative estimate of drug-likeness (QED) is 0.802. The lowest BCUT2D eigenvalue weighted by atomic mass is 10.2. The van der Waals surface area contributed by atoms with Crippen LogP contribution in [0.5, 0.6) is 0 Å². The summed E-state index contributed by atoms with van der Waals surface area (Å²) in [5.41, 5.74) is 7.95. The van der Waals surface area contributed by atoms with E-state index in [1.807, 2.05) is 29.1 Å². The van der Waals surface area contributed by atoms with Crippen molar-refractivity contribution < 1.29 is 4.79 Å². The molecule has 0 radical (unpaired) electrons. The van der Waals surface area contributed by atoms with Crippen LogP contribution in [0.4, 0.5) is 5.69 Å². The lowest BCUT2D eigenvalue weighted by Gasteiger charge is -2.20. The van der Waals surface area contributed by atoms with E-state index in [0.29, 0.717) is 5.56 Å². The smallest absolute Gasteiger partial charge is 0.251 e. The maximum Gasteiger partial charge on any atom is 0.251 e. The van der Waals surface area contributed by atoms with E-state index in [9.17, 15) is 4.79 Å². The van der Waals surface area contributed by atoms with Gasteiger partial charge in [-0.15, -0.1) is 0 Å². The molecule has 1 fully saturated rings. The Bertz CT molecular complexity index is 867. The molecule has 1 aromatic carbocycles. The van der Waals surface area contributed by atoms with Gasteiger partial charge in [-0.25, -0.2) is 0 Å². The number of rotatable bonds is 3. The molecule has 6 nitrogen and oxygen atoms in total. The fourth-order valence-corrected chi connectivity index (χ4v) is 3.20. The van der Waals surface area contributed by atoms with Crippen LogP contribution in [-0.4, -0.2) is 33.8 Å². The van der Waals surface area contributed by atoms with Crippen molar-refractivity contribution in [1.82, 2.24) is 14.8 Å². The predicted molar refractivity (Wildman–Crippen MR) is 88.4 cm³/mol. The third-order valence-corrected chi connectivity index (χ3v) is 4.39. The first-order valence-electron chi connectivity index (χ1n) is 7.65. The van der Waals surface area contributed by atoms with E-state index in [4.69, 9.17) is 5.73 Å². The summed E-state index contributed by atoms with van der Waals surface area (Å²) in [5.74, 6) is -0.439. The molecular formula is C17H17N5O. The number of amides is 1. The minimum Gasteiger partial charge on any atom is -0.369 e. The summed E-state index contributed by atoms with van der Waals surface area (Å²) in [6.45, 7) is 1.80. The van der Waals surface area contributed by atoms with Gasteiger partial charge in [-0.1, -0.05) is 18.2 Å². The lowest BCUT2D eigenvalue weighted by molar-refractivity contribution is 0.1000. The number of benzene rings is 1. The van der Waals surface area contributed by atoms with Gasteiger partial charge in [0.2, 0.25) is 0 Å². The molecule has 0 bridgehead atoms. The average molecular weight is 307 g/mol. The van der Waals surface area contributed by atoms with Crippen molar-refractivity contribution in [3.05, 3.63) is 54.5 Å². The number of fused-ring (bicyclic) bond motifs is 1. The zero-order valence-electron chi connectivity index (χ0n) is 12.6. The zero-order valence-corrected chi connectivity index (χ0v) is 12.6. The minimum absolute atomic E-state index is 0.245. The fraction of sp³-hybridized carbons (Fsp3) is 0.235. The van der Waals surface area contributed by atoms with Gasteiger partial charge in [0, 0.05) is 36.6 Å². The molecule has 3 heterocycles. The topological polar surface area (TPSA) is 77.0 Å². The van der Waals surface area contributed by atoms with Crippen LogP contribution in [-0.2, 0) is 0 Å². The number of pyridine rings is 1. The van der Waals surface area contributed by atoms with Gasteiger partial charge in [0.05, 0.1) is 23.3 Å². The Hall–Kier alpha value is -2.89. The van der Waals surface area contributed by atoms with Crippen LogP contribution in [0, 0.1) is 0 Å². The molecule has 1 saturated heterocycles. The molecule has 23 heavy (non-hydrogen) atoms. The molecule has 0 aliphatic carbocycles. The molecule has 116 valence electrons. The largest absolute Gasteiger partial charge is 0.369 e. The van der Waals surface area contributed by atoms with Gasteiger partial charge in [-0.3, -0.25) is 14.5 Å². The highest BCUT2D eigenvalue weighted by atomic mass is 16.1. The molecule has 1 amide bonds. The SMILES string of the molecule is NC(=O)c1cnn(C2CCN(c3ccnc4ccccc34)C2)c1. The Labute approximate surface area is 133 Å². The number of nitrogens with two attached hydrogens (primary N) is 1. The summed E-state index contributed by atoms with van der Waals surface area (Å²) in [7, 11) is 0. The van der Waals surface area contributed by atoms with Crippen LogP contribution in [0.15, 0.2) is 48.9 Å². The van der Waals surface area contributed by atoms with Crippen molar-refractivity contribution in [3.63, 3.8) is 0 Å². The van der Waals surface area contributed by atoms with E-state index in [0.717, 1.165) is 30.4 Å². The van der Waals surface area contributed by atoms with Gasteiger partial charge >= 0.3 is 0 Å². The molecule has 6 heteroatoms. The predicted octanol–water partition coefficient (Wildman–Crippen LogP) is 1.98. The fourth-order valence-electron chi connectivity index (χ4n) is 3.20. The molecular weight excluding hydrogens is 290 g/mol. The van der Waals surface area contributed by atoms with Crippen molar-refractivity contribution in [1.29, 1.82) is 0 Å². The molecule has 1 aliphatic rings. The summed E-state index contributed by atoms with van der Waals surface area (Å²) in [5, 5.41) is 5.45. The van der Waals surface area contributed by atoms with Crippen LogP contribution < -0.4 is 10.6 Å². The third-order valence-electron chi connectivity index (χ3n) is 4.39. The van der Waals surface area contributed by atoms with Crippen molar-refractivity contribution in [2.75, 3.05) is 18.0 Å². The molecule has 1 atom stereocenters. The third kappa shape index (κ3) is 2.42. The number of aromatic nitrogens is 3. The molecule has 4 rings (SSSR count). The van der Waals surface area contributed by atoms with Crippen LogP contribution in [0.3, 0.4) is 0 Å². The van der Waals surface area contributed by atoms with E-state index in [1.54, 1.807) is 6.20 Å². The number of hydrogen-bond donors (Lipinski definition) is 1. The first-order valence-corrected chi connectivity index (χ1v) is 7.65. The second kappa shape index (κ2) is 5.39. The summed E-state index contributed by atoms with van der Waals surface area (Å²) in [6, 6.07) is 10.5. The normalized spacial score (nSPS) is 17.7. The van der Waals surface area contributed by atoms with E-state index in [1.165, 1.54) is 11.9 Å². The van der Waals surface area contributed by atoms with Gasteiger partial charge in [-0.2, -0.15) is 5.10 Å². The van der Waals surface area contributed by atoms with Gasteiger partial charge in [0.1, 0.15) is 0 Å². The van der Waals surface area contributed by atoms with Gasteiger partial charge in [0.15, 0.2) is 0 Å². The van der Waals surface area contributed by atoms with Crippen molar-refractivity contribution in [2.45, 2.75) is 12.5 Å². The lowest BCUT2D eigenvalue weighted by Crippen LogP contribution is -2.21. The molecule has 2 N–H and O–H groups in total. The average Bonchev–Trinajstić information content (AvgIpc) is 3.23. The molecule has 1 aliphatic heterocycles. The molecule has 2 aromatic heterocycles. The van der Waals surface area contributed by atoms with E-state index < -0.39 is 5.91 Å². The molecule has 3 aromatic rings. The van der Waals surface area contributed by atoms with Crippen molar-refractivity contribution in [2.24, 2.45) is 5.73 Å². The number of primary amides is 1. The van der Waals surface area contributed by atoms with Crippen molar-refractivity contribution in [3.8, 4) is 0 Å². The van der Waals surface area contributed by atoms with E-state index in [2.05, 4.69) is 27.1 Å². The Morgan fingerprint density at radius 3 is 2.96 bits per heavy atom. The van der Waals surface area contributed by atoms with Crippen LogP contribution in [0.25, 0.3) is 10.9 Å². The van der Waals surface area contributed by atoms with Gasteiger partial charge in [-0.05, 0) is 18.6 Å². The Balaban J connectivity index is 1.61. The maximum absolute atomic E-state index is 11.2. The molecule has 0 saturated carbocycles. The second-order valence-corrected chi connectivity index (χ2v) is 5.81. The van der Waals surface area contributed by atoms with Crippen LogP contribution >= 0.6 is 0 Å². The Kier molecular flexibility index (Phi) is 3.22. The monoisotopic (exact) mass is 307 g/mol. The standard InChI is InChI=1S/C17H17N5O/c18-17(23)12-9-20-22(10-12)13-6-8-21(11-13)16-5-7-19-15-4-2-1-3-14(15)16/h1-5,7,9-10,13H,6,8,11H2,(H2,18,23). The number of para-hydroxylation sites is 1. The van der Waals surface area contributed by atoms with Crippen LogP contribution in [0.2, 0.25) is 0 Å². The first-order chi connectivity index (χ1) is 11.2. The van der Waals surface area contributed by atoms with Gasteiger partial charge in [0.25, 0.3) is 5.91 Å². The number of carbonyl (C=O) groups is 1. The number of hydrogen-bond acceptors (Lipinski definition) is 4. The Morgan fingerprint density at radius 1 is 1.26 bits per heavy atom. The highest BCUT2D eigenvalue weighted by Gasteiger charge is 2.26. The molecule has 1 unspecified atom stereocenters. The summed E-state index contributed by atoms with van der Waals surface area (Å²) >= 11 is 0. The second-order valence-electron chi connectivity index (χ2n) is 5.81. The molecule has 0 spiro atoms. The van der Waals surface area contributed by atoms with Crippen molar-refractivity contribution >= 4 is 22.5 Å².